The van der Waals surface area contributed by atoms with Crippen molar-refractivity contribution in [3.05, 3.63) is 230 Å². The fraction of sp³-hybridized carbons (Fsp3) is 0.0476. The topological polar surface area (TPSA) is 21.3 Å². The van der Waals surface area contributed by atoms with Gasteiger partial charge in [-0.15, -0.1) is 11.3 Å². The third-order valence-corrected chi connectivity index (χ3v) is 15.6. The molecular formula is C63H42N2OS. The molecule has 67 heavy (non-hydrogen) atoms. The van der Waals surface area contributed by atoms with E-state index in [4.69, 9.17) is 4.42 Å². The third-order valence-electron chi connectivity index (χ3n) is 14.4. The predicted octanol–water partition coefficient (Wildman–Crippen LogP) is 18.2. The molecule has 3 nitrogen and oxygen atoms in total. The normalized spacial score (nSPS) is 13.0. The second-order valence-electron chi connectivity index (χ2n) is 18.5. The number of rotatable bonds is 6. The third kappa shape index (κ3) is 5.70. The Morgan fingerprint density at radius 2 is 1.10 bits per heavy atom. The van der Waals surface area contributed by atoms with Crippen LogP contribution in [-0.4, -0.2) is 4.57 Å². The highest BCUT2D eigenvalue weighted by Gasteiger charge is 2.36. The zero-order valence-electron chi connectivity index (χ0n) is 37.0. The maximum atomic E-state index is 6.32. The molecule has 0 aliphatic heterocycles. The molecule has 0 N–H and O–H groups in total. The molecular weight excluding hydrogens is 833 g/mol. The van der Waals surface area contributed by atoms with Crippen LogP contribution in [0.3, 0.4) is 0 Å². The minimum atomic E-state index is -0.133. The van der Waals surface area contributed by atoms with Gasteiger partial charge >= 0.3 is 0 Å². The zero-order chi connectivity index (χ0) is 44.4. The minimum absolute atomic E-state index is 0.133. The van der Waals surface area contributed by atoms with Crippen LogP contribution in [0, 0.1) is 0 Å². The van der Waals surface area contributed by atoms with Crippen molar-refractivity contribution < 1.29 is 4.42 Å². The highest BCUT2D eigenvalue weighted by Crippen LogP contribution is 2.52. The molecule has 10 aromatic carbocycles. The van der Waals surface area contributed by atoms with E-state index in [2.05, 4.69) is 236 Å². The SMILES string of the molecule is CC1(C)c2ccccc2-c2ccc(N(c3ccc(-c4ccccc4)cc3)c3cccc(-c4cc5c6ccccc6n(-c6ccc7oc8ccccc8c7c6)c5c5c4sc4ccccc45)c3)cc21. The van der Waals surface area contributed by atoms with E-state index in [1.54, 1.807) is 0 Å². The molecule has 0 unspecified atom stereocenters. The van der Waals surface area contributed by atoms with Crippen molar-refractivity contribution in [2.75, 3.05) is 4.90 Å². The molecule has 0 saturated heterocycles. The van der Waals surface area contributed by atoms with Gasteiger partial charge in [0, 0.05) is 75.4 Å². The average Bonchev–Trinajstić information content (AvgIpc) is 4.11. The van der Waals surface area contributed by atoms with E-state index < -0.39 is 0 Å². The van der Waals surface area contributed by atoms with E-state index in [9.17, 15) is 0 Å². The van der Waals surface area contributed by atoms with Crippen LogP contribution >= 0.6 is 11.3 Å². The number of anilines is 3. The first-order valence-corrected chi connectivity index (χ1v) is 23.9. The summed E-state index contributed by atoms with van der Waals surface area (Å²) in [7, 11) is 0. The van der Waals surface area contributed by atoms with E-state index in [1.807, 2.05) is 17.4 Å². The predicted molar refractivity (Wildman–Crippen MR) is 284 cm³/mol. The van der Waals surface area contributed by atoms with Gasteiger partial charge < -0.3 is 13.9 Å². The van der Waals surface area contributed by atoms with E-state index >= 15 is 0 Å². The van der Waals surface area contributed by atoms with Gasteiger partial charge in [-0.05, 0) is 118 Å². The van der Waals surface area contributed by atoms with Crippen molar-refractivity contribution in [2.45, 2.75) is 19.3 Å². The van der Waals surface area contributed by atoms with Crippen LogP contribution in [-0.2, 0) is 5.41 Å². The molecule has 0 spiro atoms. The largest absolute Gasteiger partial charge is 0.456 e. The van der Waals surface area contributed by atoms with E-state index in [0.29, 0.717) is 0 Å². The second-order valence-corrected chi connectivity index (χ2v) is 19.5. The summed E-state index contributed by atoms with van der Waals surface area (Å²) in [6.07, 6.45) is 0. The van der Waals surface area contributed by atoms with Crippen LogP contribution in [0.1, 0.15) is 25.0 Å². The first kappa shape index (κ1) is 38.1. The van der Waals surface area contributed by atoms with Gasteiger partial charge in [-0.1, -0.05) is 153 Å². The molecule has 316 valence electrons. The summed E-state index contributed by atoms with van der Waals surface area (Å²) in [5, 5.41) is 7.26. The van der Waals surface area contributed by atoms with Gasteiger partial charge in [0.25, 0.3) is 0 Å². The Morgan fingerprint density at radius 3 is 1.99 bits per heavy atom. The molecule has 14 rings (SSSR count). The van der Waals surface area contributed by atoms with E-state index in [0.717, 1.165) is 44.7 Å². The Labute approximate surface area is 392 Å². The van der Waals surface area contributed by atoms with Crippen molar-refractivity contribution in [3.8, 4) is 39.1 Å². The van der Waals surface area contributed by atoms with Crippen molar-refractivity contribution in [3.63, 3.8) is 0 Å². The molecule has 0 fully saturated rings. The van der Waals surface area contributed by atoms with Gasteiger partial charge in [0.1, 0.15) is 11.2 Å². The summed E-state index contributed by atoms with van der Waals surface area (Å²) in [6, 6.07) is 80.2. The number of thiophene rings is 1. The van der Waals surface area contributed by atoms with Gasteiger partial charge in [0.15, 0.2) is 0 Å². The van der Waals surface area contributed by atoms with Crippen LogP contribution in [0.25, 0.3) is 103 Å². The van der Waals surface area contributed by atoms with Gasteiger partial charge in [-0.25, -0.2) is 0 Å². The molecule has 4 heteroatoms. The number of benzene rings is 10. The van der Waals surface area contributed by atoms with Gasteiger partial charge in [-0.2, -0.15) is 0 Å². The number of furan rings is 1. The lowest BCUT2D eigenvalue weighted by Crippen LogP contribution is -2.16. The summed E-state index contributed by atoms with van der Waals surface area (Å²) in [5.41, 5.74) is 18.7. The lowest BCUT2D eigenvalue weighted by atomic mass is 9.82. The molecule has 13 aromatic rings. The number of fused-ring (bicyclic) bond motifs is 13. The number of hydrogen-bond acceptors (Lipinski definition) is 3. The second kappa shape index (κ2) is 14.4. The first-order chi connectivity index (χ1) is 33.0. The molecule has 0 amide bonds. The van der Waals surface area contributed by atoms with Gasteiger partial charge in [0.05, 0.1) is 11.0 Å². The van der Waals surface area contributed by atoms with Crippen LogP contribution < -0.4 is 4.90 Å². The van der Waals surface area contributed by atoms with Crippen molar-refractivity contribution in [2.24, 2.45) is 0 Å². The lowest BCUT2D eigenvalue weighted by Gasteiger charge is -2.28. The minimum Gasteiger partial charge on any atom is -0.456 e. The molecule has 0 atom stereocenters. The number of hydrogen-bond donors (Lipinski definition) is 0. The van der Waals surface area contributed by atoms with Crippen molar-refractivity contribution >= 4 is 92.3 Å². The Kier molecular flexibility index (Phi) is 8.20. The van der Waals surface area contributed by atoms with Crippen molar-refractivity contribution in [1.82, 2.24) is 4.57 Å². The number of para-hydroxylation sites is 2. The van der Waals surface area contributed by atoms with Crippen LogP contribution in [0.4, 0.5) is 17.1 Å². The lowest BCUT2D eigenvalue weighted by molar-refractivity contribution is 0.660. The summed E-state index contributed by atoms with van der Waals surface area (Å²) in [5.74, 6) is 0. The Hall–Kier alpha value is -8.18. The van der Waals surface area contributed by atoms with Crippen LogP contribution in [0.5, 0.6) is 0 Å². The number of aromatic nitrogens is 1. The molecule has 1 aliphatic rings. The van der Waals surface area contributed by atoms with Gasteiger partial charge in [0.2, 0.25) is 0 Å². The molecule has 3 aromatic heterocycles. The fourth-order valence-corrected chi connectivity index (χ4v) is 12.4. The average molecular weight is 875 g/mol. The quantitative estimate of drug-likeness (QED) is 0.166. The summed E-state index contributed by atoms with van der Waals surface area (Å²) in [4.78, 5) is 2.44. The first-order valence-electron chi connectivity index (χ1n) is 23.1. The highest BCUT2D eigenvalue weighted by molar-refractivity contribution is 7.26. The summed E-state index contributed by atoms with van der Waals surface area (Å²) >= 11 is 1.89. The zero-order valence-corrected chi connectivity index (χ0v) is 37.8. The standard InChI is InChI=1S/C63H42N2OS/c1-63(2)54-23-10-6-19-46(54)47-33-31-45(37-55(47)63)64(42-29-27-40(28-30-42)39-15-4-3-5-16-39)43-18-14-17-41(35-43)51-38-53-48-20-7-11-24-56(48)65(61(53)60-50-22-9-13-26-59(50)67-62(51)60)44-32-34-58-52(36-44)49-21-8-12-25-57(49)66-58/h3-38H,1-2H3. The maximum Gasteiger partial charge on any atom is 0.135 e. The molecule has 1 aliphatic carbocycles. The Balaban J connectivity index is 0.993. The summed E-state index contributed by atoms with van der Waals surface area (Å²) < 4.78 is 11.4. The van der Waals surface area contributed by atoms with Crippen molar-refractivity contribution in [1.29, 1.82) is 0 Å². The Bertz CT molecular complexity index is 4130. The highest BCUT2D eigenvalue weighted by atomic mass is 32.1. The van der Waals surface area contributed by atoms with E-state index in [-0.39, 0.29) is 5.41 Å². The summed E-state index contributed by atoms with van der Waals surface area (Å²) in [6.45, 7) is 4.73. The number of nitrogens with zero attached hydrogens (tertiary/aromatic N) is 2. The monoisotopic (exact) mass is 874 g/mol. The molecule has 0 bridgehead atoms. The molecule has 0 radical (unpaired) electrons. The van der Waals surface area contributed by atoms with Crippen LogP contribution in [0.15, 0.2) is 223 Å². The van der Waals surface area contributed by atoms with Gasteiger partial charge in [-0.3, -0.25) is 0 Å². The van der Waals surface area contributed by atoms with E-state index in [1.165, 1.54) is 86.5 Å². The molecule has 0 saturated carbocycles. The maximum absolute atomic E-state index is 6.32. The smallest absolute Gasteiger partial charge is 0.135 e. The Morgan fingerprint density at radius 1 is 0.433 bits per heavy atom. The fourth-order valence-electron chi connectivity index (χ4n) is 11.2. The molecule has 3 heterocycles. The van der Waals surface area contributed by atoms with Crippen LogP contribution in [0.2, 0.25) is 0 Å².